The molecule has 3 rings (SSSR count). The summed E-state index contributed by atoms with van der Waals surface area (Å²) < 4.78 is 30.0. The van der Waals surface area contributed by atoms with Crippen molar-refractivity contribution >= 4 is 39.3 Å². The molecule has 1 saturated heterocycles. The van der Waals surface area contributed by atoms with Gasteiger partial charge in [-0.2, -0.15) is 5.10 Å². The van der Waals surface area contributed by atoms with Gasteiger partial charge in [0.2, 0.25) is 0 Å². The molecular weight excluding hydrogens is 380 g/mol. The van der Waals surface area contributed by atoms with E-state index in [9.17, 15) is 18.0 Å². The van der Waals surface area contributed by atoms with E-state index in [4.69, 9.17) is 16.3 Å². The number of rotatable bonds is 4. The first-order valence-corrected chi connectivity index (χ1v) is 10.8. The number of aromatic nitrogens is 2. The highest BCUT2D eigenvalue weighted by Gasteiger charge is 2.32. The number of aryl methyl sites for hydroxylation is 1. The molecule has 1 aromatic heterocycles. The topological polar surface area (TPSA) is 95.3 Å². The number of hydrogen-bond acceptors (Lipinski definition) is 6. The van der Waals surface area contributed by atoms with Crippen LogP contribution in [0.15, 0.2) is 6.08 Å². The first-order chi connectivity index (χ1) is 12.3. The van der Waals surface area contributed by atoms with Gasteiger partial charge in [-0.1, -0.05) is 11.6 Å². The van der Waals surface area contributed by atoms with E-state index in [-0.39, 0.29) is 23.3 Å². The first-order valence-electron chi connectivity index (χ1n) is 8.63. The predicted molar refractivity (Wildman–Crippen MR) is 96.7 cm³/mol. The van der Waals surface area contributed by atoms with Gasteiger partial charge in [-0.05, 0) is 38.7 Å². The molecule has 1 aliphatic heterocycles. The van der Waals surface area contributed by atoms with Gasteiger partial charge in [0.1, 0.15) is 5.15 Å². The molecular formula is C17H21ClN2O5S. The largest absolute Gasteiger partial charge is 0.451 e. The van der Waals surface area contributed by atoms with Gasteiger partial charge in [0.15, 0.2) is 21.7 Å². The molecule has 0 spiro atoms. The third-order valence-electron chi connectivity index (χ3n) is 4.77. The van der Waals surface area contributed by atoms with Crippen molar-refractivity contribution in [2.45, 2.75) is 51.2 Å². The fourth-order valence-electron chi connectivity index (χ4n) is 3.34. The number of carbonyl (C=O) groups excluding carboxylic acids is 2. The molecule has 0 amide bonds. The highest BCUT2D eigenvalue weighted by Crippen LogP contribution is 2.30. The number of sulfone groups is 1. The Labute approximate surface area is 157 Å². The van der Waals surface area contributed by atoms with E-state index in [0.717, 1.165) is 12.8 Å². The molecule has 7 nitrogen and oxygen atoms in total. The van der Waals surface area contributed by atoms with E-state index in [2.05, 4.69) is 5.10 Å². The normalized spacial score (nSPS) is 25.7. The van der Waals surface area contributed by atoms with Gasteiger partial charge in [0.05, 0.1) is 23.2 Å². The van der Waals surface area contributed by atoms with Gasteiger partial charge in [0, 0.05) is 18.1 Å². The predicted octanol–water partition coefficient (Wildman–Crippen LogP) is 2.27. The van der Waals surface area contributed by atoms with Crippen molar-refractivity contribution in [1.82, 2.24) is 9.78 Å². The van der Waals surface area contributed by atoms with Crippen LogP contribution < -0.4 is 0 Å². The monoisotopic (exact) mass is 400 g/mol. The zero-order chi connectivity index (χ0) is 18.9. The zero-order valence-electron chi connectivity index (χ0n) is 14.5. The minimum Gasteiger partial charge on any atom is -0.451 e. The highest BCUT2D eigenvalue weighted by atomic mass is 35.5. The van der Waals surface area contributed by atoms with Crippen LogP contribution in [-0.2, 0) is 24.2 Å². The summed E-state index contributed by atoms with van der Waals surface area (Å²) in [4.78, 5) is 23.7. The number of hydrogen-bond donors (Lipinski definition) is 0. The van der Waals surface area contributed by atoms with Crippen molar-refractivity contribution in [2.75, 3.05) is 11.5 Å². The maximum Gasteiger partial charge on any atom is 0.331 e. The van der Waals surface area contributed by atoms with Crippen LogP contribution in [0.5, 0.6) is 0 Å². The number of esters is 1. The third-order valence-corrected chi connectivity index (χ3v) is 6.90. The lowest BCUT2D eigenvalue weighted by Crippen LogP contribution is -2.29. The Balaban J connectivity index is 1.70. The summed E-state index contributed by atoms with van der Waals surface area (Å²) in [6.07, 6.45) is 5.26. The summed E-state index contributed by atoms with van der Waals surface area (Å²) in [6, 6.07) is -0.292. The quantitative estimate of drug-likeness (QED) is 0.568. The second-order valence-corrected chi connectivity index (χ2v) is 9.35. The Kier molecular flexibility index (Phi) is 5.53. The summed E-state index contributed by atoms with van der Waals surface area (Å²) in [7, 11) is -3.05. The molecule has 2 heterocycles. The molecule has 142 valence electrons. The van der Waals surface area contributed by atoms with Crippen molar-refractivity contribution < 1.29 is 22.7 Å². The van der Waals surface area contributed by atoms with E-state index in [1.165, 1.54) is 16.8 Å². The Morgan fingerprint density at radius 1 is 1.35 bits per heavy atom. The van der Waals surface area contributed by atoms with Crippen molar-refractivity contribution in [3.05, 3.63) is 22.5 Å². The van der Waals surface area contributed by atoms with Crippen molar-refractivity contribution in [2.24, 2.45) is 0 Å². The van der Waals surface area contributed by atoms with E-state index in [0.29, 0.717) is 35.7 Å². The number of halogens is 1. The fourth-order valence-corrected chi connectivity index (χ4v) is 5.41. The molecule has 0 N–H and O–H groups in total. The Bertz CT molecular complexity index is 859. The van der Waals surface area contributed by atoms with Gasteiger partial charge >= 0.3 is 5.97 Å². The number of ketones is 1. The van der Waals surface area contributed by atoms with Gasteiger partial charge in [-0.3, -0.25) is 4.79 Å². The lowest BCUT2D eigenvalue weighted by Gasteiger charge is -2.19. The minimum absolute atomic E-state index is 0.0167. The lowest BCUT2D eigenvalue weighted by molar-refractivity contribution is -0.152. The molecule has 0 unspecified atom stereocenters. The van der Waals surface area contributed by atoms with Crippen LogP contribution in [0.3, 0.4) is 0 Å². The van der Waals surface area contributed by atoms with E-state index in [1.54, 1.807) is 6.92 Å². The zero-order valence-corrected chi connectivity index (χ0v) is 16.1. The maximum atomic E-state index is 12.0. The van der Waals surface area contributed by atoms with Crippen LogP contribution in [-0.4, -0.2) is 47.6 Å². The summed E-state index contributed by atoms with van der Waals surface area (Å²) in [6.45, 7) is 1.74. The number of carbonyl (C=O) groups is 2. The minimum atomic E-state index is -3.05. The first kappa shape index (κ1) is 19.1. The summed E-state index contributed by atoms with van der Waals surface area (Å²) >= 11 is 6.35. The summed E-state index contributed by atoms with van der Waals surface area (Å²) in [5.74, 6) is -0.498. The summed E-state index contributed by atoms with van der Waals surface area (Å²) in [5, 5.41) is 4.62. The van der Waals surface area contributed by atoms with E-state index >= 15 is 0 Å². The molecule has 0 radical (unpaired) electrons. The molecule has 2 fully saturated rings. The van der Waals surface area contributed by atoms with Crippen LogP contribution in [0.4, 0.5) is 0 Å². The molecule has 2 atom stereocenters. The number of nitrogens with zero attached hydrogens (tertiary/aromatic N) is 2. The van der Waals surface area contributed by atoms with Crippen LogP contribution in [0.2, 0.25) is 5.15 Å². The molecule has 26 heavy (non-hydrogen) atoms. The number of ether oxygens (including phenoxy) is 1. The molecule has 0 bridgehead atoms. The molecule has 1 aromatic rings. The van der Waals surface area contributed by atoms with Gasteiger partial charge < -0.3 is 4.74 Å². The van der Waals surface area contributed by atoms with Crippen LogP contribution in [0.1, 0.15) is 49.4 Å². The van der Waals surface area contributed by atoms with Crippen LogP contribution in [0, 0.1) is 6.92 Å². The smallest absolute Gasteiger partial charge is 0.331 e. The second kappa shape index (κ2) is 7.52. The molecule has 1 saturated carbocycles. The Morgan fingerprint density at radius 2 is 2.12 bits per heavy atom. The third kappa shape index (κ3) is 4.17. The van der Waals surface area contributed by atoms with E-state index in [1.807, 2.05) is 0 Å². The highest BCUT2D eigenvalue weighted by molar-refractivity contribution is 7.91. The van der Waals surface area contributed by atoms with E-state index < -0.39 is 21.9 Å². The van der Waals surface area contributed by atoms with Crippen molar-refractivity contribution in [3.63, 3.8) is 0 Å². The fraction of sp³-hybridized carbons (Fsp3) is 0.588. The van der Waals surface area contributed by atoms with Crippen LogP contribution >= 0.6 is 11.6 Å². The average molecular weight is 401 g/mol. The molecule has 9 heteroatoms. The summed E-state index contributed by atoms with van der Waals surface area (Å²) in [5.41, 5.74) is 1.14. The van der Waals surface area contributed by atoms with Crippen LogP contribution in [0.25, 0.3) is 6.08 Å². The van der Waals surface area contributed by atoms with Gasteiger partial charge in [-0.15, -0.1) is 0 Å². The Morgan fingerprint density at radius 3 is 2.77 bits per heavy atom. The lowest BCUT2D eigenvalue weighted by atomic mass is 9.96. The molecule has 2 aliphatic rings. The SMILES string of the molecule is Cc1nn([C@@H]2CCS(=O)(=O)C2)c(Cl)c1/C=C/C(=O)O[C@@H]1CCCCC1=O. The second-order valence-electron chi connectivity index (χ2n) is 6.76. The van der Waals surface area contributed by atoms with Gasteiger partial charge in [0.25, 0.3) is 0 Å². The molecule has 1 aliphatic carbocycles. The number of Topliss-reactive ketones (excluding diaryl/α,β-unsaturated/α-hetero) is 1. The van der Waals surface area contributed by atoms with Crippen molar-refractivity contribution in [3.8, 4) is 0 Å². The standard InChI is InChI=1S/C17H21ClN2O5S/c1-11-13(6-7-16(22)25-15-5-3-2-4-14(15)21)17(18)20(19-11)12-8-9-26(23,24)10-12/h6-7,12,15H,2-5,8-10H2,1H3/b7-6+/t12-,15-/m1/s1. The maximum absolute atomic E-state index is 12.0. The average Bonchev–Trinajstić information content (AvgIpc) is 3.07. The molecule has 0 aromatic carbocycles. The Hall–Kier alpha value is -1.67. The van der Waals surface area contributed by atoms with Gasteiger partial charge in [-0.25, -0.2) is 17.9 Å². The van der Waals surface area contributed by atoms with Crippen molar-refractivity contribution in [1.29, 1.82) is 0 Å².